The zero-order chi connectivity index (χ0) is 15.5. The highest BCUT2D eigenvalue weighted by molar-refractivity contribution is 5.88. The van der Waals surface area contributed by atoms with Gasteiger partial charge in [-0.2, -0.15) is 0 Å². The van der Waals surface area contributed by atoms with Crippen molar-refractivity contribution in [3.8, 4) is 5.75 Å². The molecule has 0 unspecified atom stereocenters. The number of hydrogen-bond acceptors (Lipinski definition) is 4. The normalized spacial score (nSPS) is 11.2. The van der Waals surface area contributed by atoms with E-state index in [1.165, 1.54) is 12.2 Å². The Balaban J connectivity index is 1.76. The maximum atomic E-state index is 11.9. The predicted molar refractivity (Wildman–Crippen MR) is 84.6 cm³/mol. The van der Waals surface area contributed by atoms with Crippen molar-refractivity contribution in [1.82, 2.24) is 4.98 Å². The molecule has 0 N–H and O–H groups in total. The van der Waals surface area contributed by atoms with Gasteiger partial charge in [-0.25, -0.2) is 9.78 Å². The number of nitrogens with zero attached hydrogens (tertiary/aromatic N) is 1. The monoisotopic (exact) mass is 293 g/mol. The van der Waals surface area contributed by atoms with Crippen LogP contribution in [-0.4, -0.2) is 11.0 Å². The Hall–Kier alpha value is -2.88. The second-order valence-electron chi connectivity index (χ2n) is 5.00. The van der Waals surface area contributed by atoms with Crippen LogP contribution in [0.4, 0.5) is 0 Å². The fourth-order valence-corrected chi connectivity index (χ4v) is 2.20. The van der Waals surface area contributed by atoms with E-state index < -0.39 is 5.97 Å². The SMILES string of the molecule is Cc1cccc(C)c1OC(=O)/C=C/c1nc2ccccc2o1. The van der Waals surface area contributed by atoms with Gasteiger partial charge in [-0.1, -0.05) is 30.3 Å². The summed E-state index contributed by atoms with van der Waals surface area (Å²) in [6.45, 7) is 3.81. The Bertz CT molecular complexity index is 808. The quantitative estimate of drug-likeness (QED) is 0.415. The lowest BCUT2D eigenvalue weighted by Crippen LogP contribution is -2.06. The molecule has 0 aliphatic carbocycles. The van der Waals surface area contributed by atoms with Gasteiger partial charge >= 0.3 is 5.97 Å². The smallest absolute Gasteiger partial charge is 0.336 e. The van der Waals surface area contributed by atoms with Gasteiger partial charge in [0.05, 0.1) is 0 Å². The van der Waals surface area contributed by atoms with Gasteiger partial charge in [0.1, 0.15) is 11.3 Å². The molecule has 3 rings (SSSR count). The number of esters is 1. The predicted octanol–water partition coefficient (Wildman–Crippen LogP) is 4.06. The first-order valence-electron chi connectivity index (χ1n) is 6.95. The fraction of sp³-hybridized carbons (Fsp3) is 0.111. The van der Waals surface area contributed by atoms with E-state index in [1.54, 1.807) is 0 Å². The van der Waals surface area contributed by atoms with Gasteiger partial charge in [0.2, 0.25) is 5.89 Å². The lowest BCUT2D eigenvalue weighted by molar-refractivity contribution is -0.129. The summed E-state index contributed by atoms with van der Waals surface area (Å²) < 4.78 is 10.9. The molecule has 0 atom stereocenters. The van der Waals surface area contributed by atoms with Crippen LogP contribution in [0.15, 0.2) is 53.0 Å². The molecule has 1 heterocycles. The molecule has 1 aromatic heterocycles. The molecule has 110 valence electrons. The summed E-state index contributed by atoms with van der Waals surface area (Å²) in [5.74, 6) is 0.508. The fourth-order valence-electron chi connectivity index (χ4n) is 2.20. The number of fused-ring (bicyclic) bond motifs is 1. The molecule has 3 aromatic rings. The number of hydrogen-bond donors (Lipinski definition) is 0. The molecule has 0 amide bonds. The van der Waals surface area contributed by atoms with Crippen LogP contribution < -0.4 is 4.74 Å². The topological polar surface area (TPSA) is 52.3 Å². The Kier molecular flexibility index (Phi) is 3.74. The minimum atomic E-state index is -0.459. The largest absolute Gasteiger partial charge is 0.437 e. The molecule has 22 heavy (non-hydrogen) atoms. The lowest BCUT2D eigenvalue weighted by Gasteiger charge is -2.07. The second-order valence-corrected chi connectivity index (χ2v) is 5.00. The number of benzene rings is 2. The van der Waals surface area contributed by atoms with Gasteiger partial charge in [-0.05, 0) is 37.1 Å². The van der Waals surface area contributed by atoms with Crippen molar-refractivity contribution in [3.63, 3.8) is 0 Å². The maximum absolute atomic E-state index is 11.9. The van der Waals surface area contributed by atoms with Crippen LogP contribution in [0.3, 0.4) is 0 Å². The number of aromatic nitrogens is 1. The number of aryl methyl sites for hydroxylation is 2. The van der Waals surface area contributed by atoms with Crippen molar-refractivity contribution in [1.29, 1.82) is 0 Å². The van der Waals surface area contributed by atoms with Crippen LogP contribution in [0.1, 0.15) is 17.0 Å². The zero-order valence-electron chi connectivity index (χ0n) is 12.4. The molecule has 2 aromatic carbocycles. The number of ether oxygens (including phenoxy) is 1. The Morgan fingerprint density at radius 3 is 2.55 bits per heavy atom. The third kappa shape index (κ3) is 2.91. The molecule has 0 spiro atoms. The second kappa shape index (κ2) is 5.85. The van der Waals surface area contributed by atoms with Crippen LogP contribution in [0.25, 0.3) is 17.2 Å². The van der Waals surface area contributed by atoms with Crippen LogP contribution >= 0.6 is 0 Å². The van der Waals surface area contributed by atoms with Crippen molar-refractivity contribution in [2.24, 2.45) is 0 Å². The van der Waals surface area contributed by atoms with E-state index in [-0.39, 0.29) is 0 Å². The Labute approximate surface area is 128 Å². The third-order valence-corrected chi connectivity index (χ3v) is 3.28. The van der Waals surface area contributed by atoms with Crippen LogP contribution in [0, 0.1) is 13.8 Å². The third-order valence-electron chi connectivity index (χ3n) is 3.28. The van der Waals surface area contributed by atoms with Crippen molar-refractivity contribution in [2.75, 3.05) is 0 Å². The minimum absolute atomic E-state index is 0.375. The molecule has 0 aliphatic rings. The van der Waals surface area contributed by atoms with Crippen molar-refractivity contribution in [3.05, 3.63) is 65.6 Å². The van der Waals surface area contributed by atoms with Gasteiger partial charge in [0.15, 0.2) is 5.58 Å². The first kappa shape index (κ1) is 14.1. The molecule has 0 bridgehead atoms. The van der Waals surface area contributed by atoms with E-state index >= 15 is 0 Å². The summed E-state index contributed by atoms with van der Waals surface area (Å²) in [5, 5.41) is 0. The maximum Gasteiger partial charge on any atom is 0.336 e. The summed E-state index contributed by atoms with van der Waals surface area (Å²) in [5.41, 5.74) is 3.28. The molecule has 4 nitrogen and oxygen atoms in total. The summed E-state index contributed by atoms with van der Waals surface area (Å²) in [6, 6.07) is 13.2. The highest BCUT2D eigenvalue weighted by atomic mass is 16.5. The standard InChI is InChI=1S/C18H15NO3/c1-12-6-5-7-13(2)18(12)22-17(20)11-10-16-19-14-8-3-4-9-15(14)21-16/h3-11H,1-2H3/b11-10+. The number of para-hydroxylation sites is 3. The van der Waals surface area contributed by atoms with E-state index in [2.05, 4.69) is 4.98 Å². The molecular weight excluding hydrogens is 278 g/mol. The van der Waals surface area contributed by atoms with Gasteiger partial charge in [0, 0.05) is 12.2 Å². The Morgan fingerprint density at radius 2 is 1.82 bits per heavy atom. The summed E-state index contributed by atoms with van der Waals surface area (Å²) in [4.78, 5) is 16.2. The molecule has 0 aliphatic heterocycles. The number of carbonyl (C=O) groups is 1. The van der Waals surface area contributed by atoms with E-state index in [4.69, 9.17) is 9.15 Å². The molecule has 4 heteroatoms. The number of rotatable bonds is 3. The van der Waals surface area contributed by atoms with Crippen molar-refractivity contribution in [2.45, 2.75) is 13.8 Å². The average molecular weight is 293 g/mol. The molecular formula is C18H15NO3. The molecule has 0 saturated carbocycles. The van der Waals surface area contributed by atoms with E-state index in [9.17, 15) is 4.79 Å². The van der Waals surface area contributed by atoms with Crippen LogP contribution in [0.5, 0.6) is 5.75 Å². The number of carbonyl (C=O) groups excluding carboxylic acids is 1. The van der Waals surface area contributed by atoms with Crippen molar-refractivity contribution >= 4 is 23.1 Å². The van der Waals surface area contributed by atoms with E-state index in [0.717, 1.165) is 16.6 Å². The molecule has 0 radical (unpaired) electrons. The van der Waals surface area contributed by atoms with Gasteiger partial charge in [-0.15, -0.1) is 0 Å². The summed E-state index contributed by atoms with van der Waals surface area (Å²) in [7, 11) is 0. The average Bonchev–Trinajstić information content (AvgIpc) is 2.92. The van der Waals surface area contributed by atoms with Crippen molar-refractivity contribution < 1.29 is 13.9 Å². The van der Waals surface area contributed by atoms with Gasteiger partial charge in [0.25, 0.3) is 0 Å². The number of oxazole rings is 1. The highest BCUT2D eigenvalue weighted by Crippen LogP contribution is 2.22. The summed E-state index contributed by atoms with van der Waals surface area (Å²) in [6.07, 6.45) is 2.83. The first-order valence-corrected chi connectivity index (χ1v) is 6.95. The van der Waals surface area contributed by atoms with E-state index in [0.29, 0.717) is 17.2 Å². The zero-order valence-corrected chi connectivity index (χ0v) is 12.4. The first-order chi connectivity index (χ1) is 10.6. The van der Waals surface area contributed by atoms with Gasteiger partial charge in [-0.3, -0.25) is 0 Å². The lowest BCUT2D eigenvalue weighted by atomic mass is 10.1. The molecule has 0 fully saturated rings. The summed E-state index contributed by atoms with van der Waals surface area (Å²) >= 11 is 0. The van der Waals surface area contributed by atoms with Crippen LogP contribution in [-0.2, 0) is 4.79 Å². The minimum Gasteiger partial charge on any atom is -0.437 e. The van der Waals surface area contributed by atoms with Crippen LogP contribution in [0.2, 0.25) is 0 Å². The van der Waals surface area contributed by atoms with E-state index in [1.807, 2.05) is 56.3 Å². The molecule has 0 saturated heterocycles. The Morgan fingerprint density at radius 1 is 1.09 bits per heavy atom. The highest BCUT2D eigenvalue weighted by Gasteiger charge is 2.08. The van der Waals surface area contributed by atoms with Gasteiger partial charge < -0.3 is 9.15 Å².